The molecule has 6 nitrogen and oxygen atoms in total. The van der Waals surface area contributed by atoms with E-state index in [1.807, 2.05) is 18.9 Å². The molecule has 0 radical (unpaired) electrons. The highest BCUT2D eigenvalue weighted by Gasteiger charge is 2.41. The number of nitrogens with zero attached hydrogens (tertiary/aromatic N) is 6. The number of hydrogen-bond acceptors (Lipinski definition) is 6. The summed E-state index contributed by atoms with van der Waals surface area (Å²) < 4.78 is 54.5. The number of amidine groups is 2. The van der Waals surface area contributed by atoms with Crippen molar-refractivity contribution in [2.75, 3.05) is 38.2 Å². The summed E-state index contributed by atoms with van der Waals surface area (Å²) in [7, 11) is 2.02. The standard InChI is InChI=1S/C18H20F4N6/c1-10-11(2)25-28-15-13(5-4-12(14(15)19)18(20,21)22)24-16(17(28)23-10)27-8-6-26(3)7-9-27/h4-5,10H,6-9H2,1-3H3. The molecule has 0 aromatic heterocycles. The lowest BCUT2D eigenvalue weighted by Gasteiger charge is -2.39. The van der Waals surface area contributed by atoms with Crippen LogP contribution in [-0.4, -0.2) is 66.5 Å². The molecule has 1 fully saturated rings. The highest BCUT2D eigenvalue weighted by molar-refractivity contribution is 6.47. The van der Waals surface area contributed by atoms with Crippen molar-refractivity contribution in [3.05, 3.63) is 23.5 Å². The van der Waals surface area contributed by atoms with Crippen molar-refractivity contribution in [1.29, 1.82) is 0 Å². The minimum atomic E-state index is -4.81. The van der Waals surface area contributed by atoms with Gasteiger partial charge in [0.15, 0.2) is 17.5 Å². The largest absolute Gasteiger partial charge is 0.419 e. The van der Waals surface area contributed by atoms with Crippen LogP contribution in [0.5, 0.6) is 0 Å². The van der Waals surface area contributed by atoms with E-state index in [2.05, 4.69) is 20.0 Å². The fourth-order valence-corrected chi connectivity index (χ4v) is 3.39. The number of alkyl halides is 3. The van der Waals surface area contributed by atoms with Crippen LogP contribution in [0.15, 0.2) is 27.2 Å². The smallest absolute Gasteiger partial charge is 0.351 e. The zero-order chi connectivity index (χ0) is 20.2. The summed E-state index contributed by atoms with van der Waals surface area (Å²) in [5.41, 5.74) is -0.941. The molecule has 4 rings (SSSR count). The molecule has 3 aliphatic heterocycles. The fourth-order valence-electron chi connectivity index (χ4n) is 3.39. The van der Waals surface area contributed by atoms with Gasteiger partial charge in [0, 0.05) is 26.2 Å². The van der Waals surface area contributed by atoms with Crippen LogP contribution in [0, 0.1) is 5.82 Å². The lowest BCUT2D eigenvalue weighted by Crippen LogP contribution is -2.54. The SMILES string of the molecule is CC1=NN2C(=NC1C)C(N1CCN(C)CC1)=Nc1ccc(C(F)(F)F)c(F)c12. The van der Waals surface area contributed by atoms with E-state index in [9.17, 15) is 17.6 Å². The van der Waals surface area contributed by atoms with E-state index >= 15 is 0 Å². The Morgan fingerprint density at radius 3 is 2.39 bits per heavy atom. The van der Waals surface area contributed by atoms with Crippen LogP contribution in [0.2, 0.25) is 0 Å². The zero-order valence-corrected chi connectivity index (χ0v) is 15.8. The molecule has 0 spiro atoms. The van der Waals surface area contributed by atoms with Gasteiger partial charge in [-0.2, -0.15) is 18.3 Å². The predicted octanol–water partition coefficient (Wildman–Crippen LogP) is 3.12. The van der Waals surface area contributed by atoms with Crippen molar-refractivity contribution in [2.45, 2.75) is 26.1 Å². The van der Waals surface area contributed by atoms with E-state index in [0.717, 1.165) is 19.2 Å². The van der Waals surface area contributed by atoms with E-state index < -0.39 is 17.6 Å². The third-order valence-corrected chi connectivity index (χ3v) is 5.22. The normalized spacial score (nSPS) is 23.0. The number of rotatable bonds is 0. The minimum Gasteiger partial charge on any atom is -0.351 e. The van der Waals surface area contributed by atoms with E-state index in [1.54, 1.807) is 6.92 Å². The summed E-state index contributed by atoms with van der Waals surface area (Å²) in [6, 6.07) is 1.65. The summed E-state index contributed by atoms with van der Waals surface area (Å²) in [6.07, 6.45) is -4.81. The predicted molar refractivity (Wildman–Crippen MR) is 100 cm³/mol. The van der Waals surface area contributed by atoms with Gasteiger partial charge in [-0.3, -0.25) is 4.99 Å². The summed E-state index contributed by atoms with van der Waals surface area (Å²) >= 11 is 0. The first kappa shape index (κ1) is 18.9. The van der Waals surface area contributed by atoms with E-state index in [1.165, 1.54) is 11.1 Å². The maximum Gasteiger partial charge on any atom is 0.419 e. The Bertz CT molecular complexity index is 896. The number of likely N-dealkylation sites (N-methyl/N-ethyl adjacent to an activating group) is 1. The third kappa shape index (κ3) is 3.05. The number of aliphatic imine (C=N–C) groups is 2. The van der Waals surface area contributed by atoms with Crippen molar-refractivity contribution in [2.24, 2.45) is 15.1 Å². The summed E-state index contributed by atoms with van der Waals surface area (Å²) in [4.78, 5) is 13.3. The van der Waals surface area contributed by atoms with Gasteiger partial charge in [0.25, 0.3) is 0 Å². The second-order valence-corrected chi connectivity index (χ2v) is 7.20. The molecule has 1 aromatic carbocycles. The Balaban J connectivity index is 1.87. The average Bonchev–Trinajstić information content (AvgIpc) is 2.62. The number of hydrazone groups is 1. The molecule has 0 amide bonds. The number of benzene rings is 1. The number of halogens is 4. The molecule has 3 aliphatic rings. The van der Waals surface area contributed by atoms with Crippen molar-refractivity contribution < 1.29 is 17.6 Å². The zero-order valence-electron chi connectivity index (χ0n) is 15.8. The lowest BCUT2D eigenvalue weighted by atomic mass is 10.1. The molecule has 1 unspecified atom stereocenters. The van der Waals surface area contributed by atoms with Gasteiger partial charge in [-0.25, -0.2) is 14.4 Å². The highest BCUT2D eigenvalue weighted by Crippen LogP contribution is 2.43. The molecule has 0 N–H and O–H groups in total. The molecule has 0 saturated carbocycles. The third-order valence-electron chi connectivity index (χ3n) is 5.22. The van der Waals surface area contributed by atoms with Crippen molar-refractivity contribution >= 4 is 28.8 Å². The fraction of sp³-hybridized carbons (Fsp3) is 0.500. The van der Waals surface area contributed by atoms with E-state index in [0.29, 0.717) is 24.6 Å². The maximum atomic E-state index is 14.9. The molecule has 0 bridgehead atoms. The second-order valence-electron chi connectivity index (χ2n) is 7.20. The molecule has 1 atom stereocenters. The Morgan fingerprint density at radius 2 is 1.75 bits per heavy atom. The van der Waals surface area contributed by atoms with Gasteiger partial charge in [-0.05, 0) is 33.0 Å². The van der Waals surface area contributed by atoms with Crippen LogP contribution >= 0.6 is 0 Å². The molecule has 150 valence electrons. The molecular formula is C18H20F4N6. The van der Waals surface area contributed by atoms with Crippen LogP contribution < -0.4 is 5.01 Å². The number of hydrogen-bond donors (Lipinski definition) is 0. The Labute approximate surface area is 159 Å². The van der Waals surface area contributed by atoms with Gasteiger partial charge in [-0.1, -0.05) is 0 Å². The molecule has 3 heterocycles. The number of piperazine rings is 1. The van der Waals surface area contributed by atoms with E-state index in [4.69, 9.17) is 0 Å². The molecule has 28 heavy (non-hydrogen) atoms. The summed E-state index contributed by atoms with van der Waals surface area (Å²) in [5.74, 6) is -0.582. The van der Waals surface area contributed by atoms with Crippen LogP contribution in [-0.2, 0) is 6.18 Å². The summed E-state index contributed by atoms with van der Waals surface area (Å²) in [6.45, 7) is 6.58. The summed E-state index contributed by atoms with van der Waals surface area (Å²) in [5, 5.41) is 5.54. The number of fused-ring (bicyclic) bond motifs is 3. The Hall–Kier alpha value is -2.49. The molecule has 10 heteroatoms. The van der Waals surface area contributed by atoms with E-state index in [-0.39, 0.29) is 23.3 Å². The number of anilines is 1. The van der Waals surface area contributed by atoms with Crippen LogP contribution in [0.1, 0.15) is 19.4 Å². The van der Waals surface area contributed by atoms with Gasteiger partial charge in [0.2, 0.25) is 0 Å². The second kappa shape index (κ2) is 6.54. The molecule has 0 aliphatic carbocycles. The highest BCUT2D eigenvalue weighted by atomic mass is 19.4. The quantitative estimate of drug-likeness (QED) is 0.633. The van der Waals surface area contributed by atoms with Crippen LogP contribution in [0.3, 0.4) is 0 Å². The Morgan fingerprint density at radius 1 is 1.07 bits per heavy atom. The van der Waals surface area contributed by atoms with Crippen LogP contribution in [0.25, 0.3) is 0 Å². The minimum absolute atomic E-state index is 0.115. The molecular weight excluding hydrogens is 376 g/mol. The van der Waals surface area contributed by atoms with Gasteiger partial charge < -0.3 is 9.80 Å². The van der Waals surface area contributed by atoms with Gasteiger partial charge >= 0.3 is 6.18 Å². The van der Waals surface area contributed by atoms with Crippen molar-refractivity contribution in [3.63, 3.8) is 0 Å². The Kier molecular flexibility index (Phi) is 4.40. The van der Waals surface area contributed by atoms with Gasteiger partial charge in [-0.15, -0.1) is 0 Å². The first-order valence-electron chi connectivity index (χ1n) is 9.02. The first-order valence-corrected chi connectivity index (χ1v) is 9.02. The van der Waals surface area contributed by atoms with Gasteiger partial charge in [0.1, 0.15) is 5.69 Å². The molecule has 1 aromatic rings. The van der Waals surface area contributed by atoms with Gasteiger partial charge in [0.05, 0.1) is 23.0 Å². The van der Waals surface area contributed by atoms with Crippen LogP contribution in [0.4, 0.5) is 28.9 Å². The topological polar surface area (TPSA) is 46.8 Å². The lowest BCUT2D eigenvalue weighted by molar-refractivity contribution is -0.139. The first-order chi connectivity index (χ1) is 13.2. The van der Waals surface area contributed by atoms with Crippen molar-refractivity contribution in [1.82, 2.24) is 9.80 Å². The molecule has 1 saturated heterocycles. The van der Waals surface area contributed by atoms with Crippen molar-refractivity contribution in [3.8, 4) is 0 Å². The monoisotopic (exact) mass is 396 g/mol. The average molecular weight is 396 g/mol. The maximum absolute atomic E-state index is 14.9.